The van der Waals surface area contributed by atoms with Crippen molar-refractivity contribution in [2.45, 2.75) is 32.6 Å². The van der Waals surface area contributed by atoms with Crippen LogP contribution in [0.25, 0.3) is 0 Å². The van der Waals surface area contributed by atoms with Crippen molar-refractivity contribution in [3.63, 3.8) is 0 Å². The number of carbonyl (C=O) groups excluding carboxylic acids is 1. The molecule has 0 unspecified atom stereocenters. The number of rotatable bonds is 6. The fraction of sp³-hybridized carbons (Fsp3) is 0.500. The quantitative estimate of drug-likeness (QED) is 0.324. The molecule has 0 aliphatic heterocycles. The van der Waals surface area contributed by atoms with Gasteiger partial charge in [-0.2, -0.15) is 0 Å². The molecule has 0 rings (SSSR count). The first-order chi connectivity index (χ1) is 5.41. The fourth-order valence-electron chi connectivity index (χ4n) is 0.726. The summed E-state index contributed by atoms with van der Waals surface area (Å²) in [6, 6.07) is 0. The highest BCUT2D eigenvalue weighted by Crippen LogP contribution is 1.95. The Hall–Kier alpha value is -0.850. The van der Waals surface area contributed by atoms with Gasteiger partial charge in [-0.1, -0.05) is 31.6 Å². The average Bonchev–Trinajstić information content (AvgIpc) is 2.03. The molecule has 0 saturated carbocycles. The van der Waals surface area contributed by atoms with Crippen molar-refractivity contribution >= 4 is 6.29 Å². The Morgan fingerprint density at radius 2 is 1.73 bits per heavy atom. The van der Waals surface area contributed by atoms with Gasteiger partial charge in [0.1, 0.15) is 0 Å². The van der Waals surface area contributed by atoms with Gasteiger partial charge in [-0.15, -0.1) is 0 Å². The Morgan fingerprint density at radius 1 is 1.09 bits per heavy atom. The van der Waals surface area contributed by atoms with Crippen molar-refractivity contribution in [2.75, 3.05) is 0 Å². The van der Waals surface area contributed by atoms with E-state index in [1.165, 1.54) is 12.5 Å². The summed E-state index contributed by atoms with van der Waals surface area (Å²) >= 11 is 0. The maximum Gasteiger partial charge on any atom is 0.225 e. The molecule has 0 heterocycles. The summed E-state index contributed by atoms with van der Waals surface area (Å²) in [5.41, 5.74) is 0. The molecule has 1 heteroatoms. The third kappa shape index (κ3) is 9.15. The van der Waals surface area contributed by atoms with Crippen molar-refractivity contribution in [3.05, 3.63) is 24.3 Å². The average molecular weight is 151 g/mol. The van der Waals surface area contributed by atoms with E-state index in [-0.39, 0.29) is 0 Å². The molecule has 1 nitrogen and oxygen atoms in total. The van der Waals surface area contributed by atoms with Crippen LogP contribution in [0.5, 0.6) is 0 Å². The number of allylic oxidation sites excluding steroid dienone is 4. The van der Waals surface area contributed by atoms with E-state index in [1.807, 2.05) is 6.08 Å². The van der Waals surface area contributed by atoms with Gasteiger partial charge in [-0.05, 0) is 25.3 Å². The first-order valence-corrected chi connectivity index (χ1v) is 4.09. The first kappa shape index (κ1) is 10.2. The van der Waals surface area contributed by atoms with Crippen molar-refractivity contribution in [2.24, 2.45) is 0 Å². The zero-order valence-electron chi connectivity index (χ0n) is 7.05. The van der Waals surface area contributed by atoms with Crippen LogP contribution in [0.2, 0.25) is 0 Å². The van der Waals surface area contributed by atoms with E-state index in [2.05, 4.69) is 19.1 Å². The minimum Gasteiger partial charge on any atom is -0.286 e. The lowest BCUT2D eigenvalue weighted by Gasteiger charge is -1.85. The van der Waals surface area contributed by atoms with E-state index in [4.69, 9.17) is 0 Å². The summed E-state index contributed by atoms with van der Waals surface area (Å²) in [6.07, 6.45) is 13.6. The van der Waals surface area contributed by atoms with Crippen LogP contribution in [0.15, 0.2) is 24.3 Å². The Labute approximate surface area is 68.8 Å². The molecule has 0 amide bonds. The van der Waals surface area contributed by atoms with Crippen molar-refractivity contribution in [3.8, 4) is 0 Å². The van der Waals surface area contributed by atoms with E-state index in [9.17, 15) is 4.79 Å². The maximum absolute atomic E-state index is 9.71. The number of hydrogen-bond acceptors (Lipinski definition) is 1. The second kappa shape index (κ2) is 9.15. The Bertz CT molecular complexity index is 134. The molecular weight excluding hydrogens is 136 g/mol. The first-order valence-electron chi connectivity index (χ1n) is 4.09. The van der Waals surface area contributed by atoms with Crippen LogP contribution in [-0.2, 0) is 4.79 Å². The lowest BCUT2D eigenvalue weighted by atomic mass is 10.2. The van der Waals surface area contributed by atoms with Crippen molar-refractivity contribution < 1.29 is 4.79 Å². The summed E-state index contributed by atoms with van der Waals surface area (Å²) in [7, 11) is 0. The highest BCUT2D eigenvalue weighted by molar-refractivity contribution is 5.65. The second-order valence-electron chi connectivity index (χ2n) is 2.36. The largest absolute Gasteiger partial charge is 0.286 e. The molecule has 11 heavy (non-hydrogen) atoms. The minimum absolute atomic E-state index is 0.940. The van der Waals surface area contributed by atoms with E-state index in [0.29, 0.717) is 0 Å². The molecule has 0 bridgehead atoms. The molecule has 0 aromatic carbocycles. The summed E-state index contributed by atoms with van der Waals surface area (Å²) in [6.45, 7) is 2.16. The van der Waals surface area contributed by atoms with Crippen LogP contribution in [0.3, 0.4) is 0 Å². The van der Waals surface area contributed by atoms with Crippen LogP contribution in [0.4, 0.5) is 0 Å². The van der Waals surface area contributed by atoms with E-state index in [1.54, 1.807) is 6.29 Å². The monoisotopic (exact) mass is 151 g/mol. The maximum atomic E-state index is 9.71. The molecule has 0 atom stereocenters. The second-order valence-corrected chi connectivity index (χ2v) is 2.36. The van der Waals surface area contributed by atoms with Crippen LogP contribution >= 0.6 is 0 Å². The molecule has 0 aliphatic carbocycles. The molecule has 0 fully saturated rings. The van der Waals surface area contributed by atoms with Gasteiger partial charge in [0.2, 0.25) is 6.29 Å². The zero-order valence-corrected chi connectivity index (χ0v) is 7.05. The molecule has 0 spiro atoms. The molecule has 0 saturated heterocycles. The van der Waals surface area contributed by atoms with Crippen LogP contribution in [0.1, 0.15) is 32.6 Å². The Balaban J connectivity index is 3.12. The smallest absolute Gasteiger partial charge is 0.225 e. The van der Waals surface area contributed by atoms with Gasteiger partial charge in [-0.25, -0.2) is 0 Å². The summed E-state index contributed by atoms with van der Waals surface area (Å²) < 4.78 is 0. The van der Waals surface area contributed by atoms with E-state index >= 15 is 0 Å². The van der Waals surface area contributed by atoms with Crippen molar-refractivity contribution in [1.29, 1.82) is 0 Å². The molecule has 0 N–H and O–H groups in total. The third-order valence-corrected chi connectivity index (χ3v) is 1.31. The van der Waals surface area contributed by atoms with Gasteiger partial charge in [0.05, 0.1) is 0 Å². The molecule has 0 aliphatic rings. The van der Waals surface area contributed by atoms with E-state index < -0.39 is 0 Å². The zero-order chi connectivity index (χ0) is 8.36. The predicted octanol–water partition coefficient (Wildman–Crippen LogP) is 2.79. The lowest BCUT2D eigenvalue weighted by molar-refractivity contribution is 0.564. The fourth-order valence-corrected chi connectivity index (χ4v) is 0.726. The summed E-state index contributed by atoms with van der Waals surface area (Å²) in [4.78, 5) is 9.71. The topological polar surface area (TPSA) is 17.1 Å². The highest BCUT2D eigenvalue weighted by atomic mass is 16.1. The number of unbranched alkanes of at least 4 members (excludes halogenated alkanes) is 2. The normalized spacial score (nSPS) is 11.4. The van der Waals surface area contributed by atoms with Crippen LogP contribution in [0, 0.1) is 0 Å². The van der Waals surface area contributed by atoms with Gasteiger partial charge in [0.15, 0.2) is 0 Å². The van der Waals surface area contributed by atoms with Crippen LogP contribution < -0.4 is 0 Å². The summed E-state index contributed by atoms with van der Waals surface area (Å²) in [5, 5.41) is 0. The molecule has 0 aromatic rings. The highest BCUT2D eigenvalue weighted by Gasteiger charge is 1.76. The van der Waals surface area contributed by atoms with Crippen molar-refractivity contribution in [1.82, 2.24) is 0 Å². The Morgan fingerprint density at radius 3 is 2.36 bits per heavy atom. The van der Waals surface area contributed by atoms with Gasteiger partial charge >= 0.3 is 0 Å². The number of hydrogen-bond donors (Lipinski definition) is 0. The molecular formula is C10H15O. The van der Waals surface area contributed by atoms with E-state index in [0.717, 1.165) is 19.3 Å². The molecule has 61 valence electrons. The van der Waals surface area contributed by atoms with Crippen LogP contribution in [-0.4, -0.2) is 6.29 Å². The van der Waals surface area contributed by atoms with Gasteiger partial charge < -0.3 is 0 Å². The summed E-state index contributed by atoms with van der Waals surface area (Å²) in [5.74, 6) is 0. The van der Waals surface area contributed by atoms with Gasteiger partial charge in [-0.3, -0.25) is 4.79 Å². The van der Waals surface area contributed by atoms with Gasteiger partial charge in [0, 0.05) is 0 Å². The predicted molar refractivity (Wildman–Crippen MR) is 48.1 cm³/mol. The standard InChI is InChI=1S/C10H15O/c1-2-3-4-5-6-7-8-9-10-11/h4-5,8-9H,2-3,6-7H2,1H3/b5-4+,9-8+. The Kier molecular flexibility index (Phi) is 8.44. The van der Waals surface area contributed by atoms with Gasteiger partial charge in [0.25, 0.3) is 0 Å². The molecule has 1 radical (unpaired) electrons. The third-order valence-electron chi connectivity index (χ3n) is 1.31. The SMILES string of the molecule is CCC/C=C/CC/C=C/[C]=O. The lowest BCUT2D eigenvalue weighted by Crippen LogP contribution is -1.66. The molecule has 0 aromatic heterocycles. The minimum atomic E-state index is 0.940.